The standard InChI is InChI=1S/C16H12FN3S/c17-14-9-5-4-8-13(14)10-18-20-16-19-15(11-21-16)12-6-2-1-3-7-12/h1-11H,(H,19,20). The molecular formula is C16H12FN3S. The first kappa shape index (κ1) is 13.5. The lowest BCUT2D eigenvalue weighted by Crippen LogP contribution is -1.92. The molecule has 0 radical (unpaired) electrons. The first-order valence-electron chi connectivity index (χ1n) is 6.37. The van der Waals surface area contributed by atoms with Gasteiger partial charge in [0, 0.05) is 16.5 Å². The van der Waals surface area contributed by atoms with E-state index in [1.54, 1.807) is 18.2 Å². The number of hydrazone groups is 1. The predicted octanol–water partition coefficient (Wildman–Crippen LogP) is 4.40. The number of nitrogens with one attached hydrogen (secondary N) is 1. The molecule has 3 aromatic rings. The van der Waals surface area contributed by atoms with Gasteiger partial charge in [-0.1, -0.05) is 48.5 Å². The number of halogens is 1. The van der Waals surface area contributed by atoms with Gasteiger partial charge in [0.1, 0.15) is 5.82 Å². The molecule has 0 aliphatic heterocycles. The van der Waals surface area contributed by atoms with Gasteiger partial charge >= 0.3 is 0 Å². The van der Waals surface area contributed by atoms with Crippen LogP contribution in [-0.4, -0.2) is 11.2 Å². The summed E-state index contributed by atoms with van der Waals surface area (Å²) in [6.07, 6.45) is 1.44. The van der Waals surface area contributed by atoms with Crippen LogP contribution in [0.4, 0.5) is 9.52 Å². The maximum absolute atomic E-state index is 13.4. The second kappa shape index (κ2) is 6.28. The van der Waals surface area contributed by atoms with Gasteiger partial charge in [-0.05, 0) is 6.07 Å². The molecule has 0 spiro atoms. The van der Waals surface area contributed by atoms with Crippen molar-refractivity contribution in [2.75, 3.05) is 5.43 Å². The molecule has 3 rings (SSSR count). The second-order valence-corrected chi connectivity index (χ2v) is 5.15. The van der Waals surface area contributed by atoms with Gasteiger partial charge in [0.05, 0.1) is 11.9 Å². The topological polar surface area (TPSA) is 37.3 Å². The second-order valence-electron chi connectivity index (χ2n) is 4.30. The molecular weight excluding hydrogens is 285 g/mol. The number of anilines is 1. The van der Waals surface area contributed by atoms with Gasteiger partial charge in [0.25, 0.3) is 0 Å². The summed E-state index contributed by atoms with van der Waals surface area (Å²) in [5.41, 5.74) is 5.20. The molecule has 0 unspecified atom stereocenters. The molecule has 3 nitrogen and oxygen atoms in total. The number of benzene rings is 2. The van der Waals surface area contributed by atoms with Gasteiger partial charge in [0.2, 0.25) is 5.13 Å². The lowest BCUT2D eigenvalue weighted by atomic mass is 10.2. The minimum Gasteiger partial charge on any atom is -0.253 e. The van der Waals surface area contributed by atoms with Crippen molar-refractivity contribution in [2.45, 2.75) is 0 Å². The predicted molar refractivity (Wildman–Crippen MR) is 85.2 cm³/mol. The molecule has 0 amide bonds. The van der Waals surface area contributed by atoms with Crippen LogP contribution < -0.4 is 5.43 Å². The largest absolute Gasteiger partial charge is 0.253 e. The first-order valence-corrected chi connectivity index (χ1v) is 7.25. The number of rotatable bonds is 4. The molecule has 0 atom stereocenters. The molecule has 0 aliphatic rings. The van der Waals surface area contributed by atoms with Crippen molar-refractivity contribution in [1.82, 2.24) is 4.98 Å². The van der Waals surface area contributed by atoms with Crippen LogP contribution in [0, 0.1) is 5.82 Å². The molecule has 0 aliphatic carbocycles. The van der Waals surface area contributed by atoms with Gasteiger partial charge < -0.3 is 0 Å². The summed E-state index contributed by atoms with van der Waals surface area (Å²) in [6, 6.07) is 16.4. The third-order valence-electron chi connectivity index (χ3n) is 2.84. The van der Waals surface area contributed by atoms with Crippen LogP contribution in [-0.2, 0) is 0 Å². The Hall–Kier alpha value is -2.53. The zero-order valence-corrected chi connectivity index (χ0v) is 11.8. The molecule has 0 saturated heterocycles. The number of thiazole rings is 1. The van der Waals surface area contributed by atoms with Crippen LogP contribution in [0.1, 0.15) is 5.56 Å². The first-order chi connectivity index (χ1) is 10.3. The number of nitrogens with zero attached hydrogens (tertiary/aromatic N) is 2. The fraction of sp³-hybridized carbons (Fsp3) is 0. The molecule has 0 saturated carbocycles. The highest BCUT2D eigenvalue weighted by Gasteiger charge is 2.03. The van der Waals surface area contributed by atoms with Gasteiger partial charge in [-0.3, -0.25) is 5.43 Å². The maximum atomic E-state index is 13.4. The molecule has 5 heteroatoms. The Morgan fingerprint density at radius 3 is 2.62 bits per heavy atom. The molecule has 1 heterocycles. The molecule has 104 valence electrons. The van der Waals surface area contributed by atoms with Crippen LogP contribution in [0.15, 0.2) is 65.1 Å². The number of aromatic nitrogens is 1. The van der Waals surface area contributed by atoms with E-state index in [-0.39, 0.29) is 5.82 Å². The fourth-order valence-corrected chi connectivity index (χ4v) is 2.47. The fourth-order valence-electron chi connectivity index (χ4n) is 1.80. The van der Waals surface area contributed by atoms with Crippen LogP contribution in [0.5, 0.6) is 0 Å². The molecule has 21 heavy (non-hydrogen) atoms. The van der Waals surface area contributed by atoms with Gasteiger partial charge in [-0.2, -0.15) is 5.10 Å². The summed E-state index contributed by atoms with van der Waals surface area (Å²) < 4.78 is 13.4. The van der Waals surface area contributed by atoms with E-state index in [0.29, 0.717) is 10.7 Å². The van der Waals surface area contributed by atoms with Crippen molar-refractivity contribution in [3.8, 4) is 11.3 Å². The lowest BCUT2D eigenvalue weighted by Gasteiger charge is -1.96. The zero-order chi connectivity index (χ0) is 14.5. The number of hydrogen-bond donors (Lipinski definition) is 1. The zero-order valence-electron chi connectivity index (χ0n) is 11.0. The third-order valence-corrected chi connectivity index (χ3v) is 3.59. The average Bonchev–Trinajstić information content (AvgIpc) is 2.99. The van der Waals surface area contributed by atoms with Crippen LogP contribution in [0.25, 0.3) is 11.3 Å². The van der Waals surface area contributed by atoms with E-state index in [4.69, 9.17) is 0 Å². The maximum Gasteiger partial charge on any atom is 0.203 e. The Kier molecular flexibility index (Phi) is 4.02. The summed E-state index contributed by atoms with van der Waals surface area (Å²) in [5.74, 6) is -0.299. The Bertz CT molecular complexity index is 753. The Labute approximate surface area is 125 Å². The van der Waals surface area contributed by atoms with Crippen molar-refractivity contribution < 1.29 is 4.39 Å². The summed E-state index contributed by atoms with van der Waals surface area (Å²) in [4.78, 5) is 4.43. The van der Waals surface area contributed by atoms with Crippen molar-refractivity contribution in [2.24, 2.45) is 5.10 Å². The van der Waals surface area contributed by atoms with E-state index < -0.39 is 0 Å². The number of hydrogen-bond acceptors (Lipinski definition) is 4. The average molecular weight is 297 g/mol. The highest BCUT2D eigenvalue weighted by Crippen LogP contribution is 2.24. The van der Waals surface area contributed by atoms with Gasteiger partial charge in [-0.15, -0.1) is 11.3 Å². The molecule has 1 N–H and O–H groups in total. The van der Waals surface area contributed by atoms with Crippen molar-refractivity contribution in [3.05, 3.63) is 71.4 Å². The minimum absolute atomic E-state index is 0.299. The van der Waals surface area contributed by atoms with Crippen LogP contribution in [0.3, 0.4) is 0 Å². The summed E-state index contributed by atoms with van der Waals surface area (Å²) in [5, 5.41) is 6.64. The van der Waals surface area contributed by atoms with E-state index >= 15 is 0 Å². The highest BCUT2D eigenvalue weighted by atomic mass is 32.1. The molecule has 2 aromatic carbocycles. The quantitative estimate of drug-likeness (QED) is 0.572. The van der Waals surface area contributed by atoms with E-state index in [1.165, 1.54) is 23.6 Å². The van der Waals surface area contributed by atoms with Crippen molar-refractivity contribution in [3.63, 3.8) is 0 Å². The summed E-state index contributed by atoms with van der Waals surface area (Å²) >= 11 is 1.45. The van der Waals surface area contributed by atoms with E-state index in [0.717, 1.165) is 11.3 Å². The summed E-state index contributed by atoms with van der Waals surface area (Å²) in [7, 11) is 0. The van der Waals surface area contributed by atoms with E-state index in [2.05, 4.69) is 15.5 Å². The Balaban J connectivity index is 1.70. The van der Waals surface area contributed by atoms with Gasteiger partial charge in [-0.25, -0.2) is 9.37 Å². The Morgan fingerprint density at radius 2 is 1.81 bits per heavy atom. The smallest absolute Gasteiger partial charge is 0.203 e. The monoisotopic (exact) mass is 297 g/mol. The minimum atomic E-state index is -0.299. The molecule has 1 aromatic heterocycles. The SMILES string of the molecule is Fc1ccccc1C=NNc1nc(-c2ccccc2)cs1. The van der Waals surface area contributed by atoms with E-state index in [1.807, 2.05) is 35.7 Å². The van der Waals surface area contributed by atoms with Gasteiger partial charge in [0.15, 0.2) is 0 Å². The van der Waals surface area contributed by atoms with E-state index in [9.17, 15) is 4.39 Å². The molecule has 0 fully saturated rings. The third kappa shape index (κ3) is 3.32. The lowest BCUT2D eigenvalue weighted by molar-refractivity contribution is 0.626. The van der Waals surface area contributed by atoms with Crippen molar-refractivity contribution in [1.29, 1.82) is 0 Å². The van der Waals surface area contributed by atoms with Crippen LogP contribution >= 0.6 is 11.3 Å². The van der Waals surface area contributed by atoms with Crippen LogP contribution in [0.2, 0.25) is 0 Å². The normalized spacial score (nSPS) is 10.9. The highest BCUT2D eigenvalue weighted by molar-refractivity contribution is 7.14. The summed E-state index contributed by atoms with van der Waals surface area (Å²) in [6.45, 7) is 0. The molecule has 0 bridgehead atoms. The van der Waals surface area contributed by atoms with Crippen molar-refractivity contribution >= 4 is 22.7 Å². The Morgan fingerprint density at radius 1 is 1.05 bits per heavy atom.